The molecular formula is C24H15BrCl2N2O2. The Bertz CT molecular complexity index is 1320. The lowest BCUT2D eigenvalue weighted by atomic mass is 10.0. The fraction of sp³-hybridized carbons (Fsp3) is 0. The highest BCUT2D eigenvalue weighted by molar-refractivity contribution is 9.10. The molecule has 2 amide bonds. The highest BCUT2D eigenvalue weighted by Gasteiger charge is 2.13. The molecule has 0 spiro atoms. The molecule has 0 aliphatic rings. The van der Waals surface area contributed by atoms with Crippen LogP contribution in [0, 0.1) is 0 Å². The predicted molar refractivity (Wildman–Crippen MR) is 130 cm³/mol. The van der Waals surface area contributed by atoms with Crippen LogP contribution in [0.2, 0.25) is 10.0 Å². The number of hydrogen-bond acceptors (Lipinski definition) is 2. The second-order valence-electron chi connectivity index (χ2n) is 6.75. The van der Waals surface area contributed by atoms with Crippen molar-refractivity contribution in [2.24, 2.45) is 0 Å². The highest BCUT2D eigenvalue weighted by Crippen LogP contribution is 2.27. The maximum Gasteiger partial charge on any atom is 0.257 e. The van der Waals surface area contributed by atoms with Crippen LogP contribution in [0.1, 0.15) is 20.7 Å². The van der Waals surface area contributed by atoms with Crippen LogP contribution in [-0.2, 0) is 0 Å². The quantitative estimate of drug-likeness (QED) is 0.298. The molecule has 0 aliphatic carbocycles. The third-order valence-corrected chi connectivity index (χ3v) is 5.91. The Morgan fingerprint density at radius 1 is 0.677 bits per heavy atom. The Balaban J connectivity index is 1.55. The van der Waals surface area contributed by atoms with Crippen molar-refractivity contribution in [2.45, 2.75) is 0 Å². The summed E-state index contributed by atoms with van der Waals surface area (Å²) < 4.78 is 0.922. The van der Waals surface area contributed by atoms with Gasteiger partial charge in [-0.15, -0.1) is 0 Å². The van der Waals surface area contributed by atoms with Crippen LogP contribution in [0.25, 0.3) is 10.8 Å². The van der Waals surface area contributed by atoms with E-state index >= 15 is 0 Å². The van der Waals surface area contributed by atoms with Crippen molar-refractivity contribution in [1.29, 1.82) is 0 Å². The first kappa shape index (κ1) is 21.4. The number of rotatable bonds is 4. The van der Waals surface area contributed by atoms with Crippen LogP contribution in [0.3, 0.4) is 0 Å². The molecule has 0 saturated carbocycles. The van der Waals surface area contributed by atoms with E-state index in [1.54, 1.807) is 42.5 Å². The zero-order valence-corrected chi connectivity index (χ0v) is 19.1. The smallest absolute Gasteiger partial charge is 0.257 e. The maximum atomic E-state index is 12.9. The number of hydrogen-bond donors (Lipinski definition) is 2. The van der Waals surface area contributed by atoms with Gasteiger partial charge in [0.05, 0.1) is 10.6 Å². The van der Waals surface area contributed by atoms with Crippen LogP contribution in [-0.4, -0.2) is 11.8 Å². The molecule has 4 rings (SSSR count). The Kier molecular flexibility index (Phi) is 6.28. The van der Waals surface area contributed by atoms with Gasteiger partial charge in [-0.2, -0.15) is 0 Å². The van der Waals surface area contributed by atoms with Crippen LogP contribution in [0.5, 0.6) is 0 Å². The van der Waals surface area contributed by atoms with E-state index in [1.807, 2.05) is 30.3 Å². The zero-order chi connectivity index (χ0) is 22.0. The van der Waals surface area contributed by atoms with E-state index in [-0.39, 0.29) is 16.8 Å². The lowest BCUT2D eigenvalue weighted by Crippen LogP contribution is -2.14. The molecule has 7 heteroatoms. The van der Waals surface area contributed by atoms with Gasteiger partial charge in [-0.1, -0.05) is 69.5 Å². The Morgan fingerprint density at radius 2 is 1.29 bits per heavy atom. The van der Waals surface area contributed by atoms with Crippen LogP contribution in [0.4, 0.5) is 11.4 Å². The summed E-state index contributed by atoms with van der Waals surface area (Å²) in [5.41, 5.74) is 1.94. The van der Waals surface area contributed by atoms with Crippen molar-refractivity contribution in [2.75, 3.05) is 10.6 Å². The van der Waals surface area contributed by atoms with Crippen molar-refractivity contribution in [3.05, 3.63) is 105 Å². The topological polar surface area (TPSA) is 58.2 Å². The first-order chi connectivity index (χ1) is 14.9. The molecule has 154 valence electrons. The van der Waals surface area contributed by atoms with E-state index in [0.29, 0.717) is 27.5 Å². The van der Waals surface area contributed by atoms with Gasteiger partial charge >= 0.3 is 0 Å². The number of nitrogens with one attached hydrogen (secondary N) is 2. The van der Waals surface area contributed by atoms with E-state index in [9.17, 15) is 9.59 Å². The van der Waals surface area contributed by atoms with Gasteiger partial charge in [-0.3, -0.25) is 9.59 Å². The molecule has 4 nitrogen and oxygen atoms in total. The van der Waals surface area contributed by atoms with Crippen molar-refractivity contribution in [3.8, 4) is 0 Å². The van der Waals surface area contributed by atoms with Crippen molar-refractivity contribution in [3.63, 3.8) is 0 Å². The molecule has 0 saturated heterocycles. The predicted octanol–water partition coefficient (Wildman–Crippen LogP) is 7.41. The number of amides is 2. The fourth-order valence-corrected chi connectivity index (χ4v) is 4.21. The van der Waals surface area contributed by atoms with Crippen molar-refractivity contribution < 1.29 is 9.59 Å². The van der Waals surface area contributed by atoms with Crippen molar-refractivity contribution >= 4 is 73.1 Å². The van der Waals surface area contributed by atoms with E-state index in [4.69, 9.17) is 23.2 Å². The standard InChI is InChI=1S/C24H15BrCl2N2O2/c25-21-9-3-6-17-18(21)7-2-8-19(17)23(30)28-15-4-1-5-16(13-15)29-24(31)20-11-10-14(26)12-22(20)27/h1-13H,(H,28,30)(H,29,31). The van der Waals surface area contributed by atoms with Gasteiger partial charge in [0.2, 0.25) is 0 Å². The van der Waals surface area contributed by atoms with Gasteiger partial charge in [0.1, 0.15) is 0 Å². The number of carbonyl (C=O) groups excluding carboxylic acids is 2. The van der Waals surface area contributed by atoms with E-state index in [0.717, 1.165) is 15.2 Å². The summed E-state index contributed by atoms with van der Waals surface area (Å²) in [7, 11) is 0. The Labute approximate surface area is 197 Å². The van der Waals surface area contributed by atoms with Gasteiger partial charge in [0, 0.05) is 26.4 Å². The van der Waals surface area contributed by atoms with Crippen LogP contribution >= 0.6 is 39.1 Å². The second-order valence-corrected chi connectivity index (χ2v) is 8.45. The summed E-state index contributed by atoms with van der Waals surface area (Å²) in [5.74, 6) is -0.614. The molecule has 0 radical (unpaired) electrons. The summed E-state index contributed by atoms with van der Waals surface area (Å²) in [6, 6.07) is 22.9. The largest absolute Gasteiger partial charge is 0.322 e. The first-order valence-electron chi connectivity index (χ1n) is 9.27. The summed E-state index contributed by atoms with van der Waals surface area (Å²) >= 11 is 15.5. The summed E-state index contributed by atoms with van der Waals surface area (Å²) in [6.45, 7) is 0. The van der Waals surface area contributed by atoms with Gasteiger partial charge in [-0.25, -0.2) is 0 Å². The molecule has 0 aliphatic heterocycles. The minimum atomic E-state index is -0.371. The molecule has 31 heavy (non-hydrogen) atoms. The Morgan fingerprint density at radius 3 is 2.00 bits per heavy atom. The Hall–Kier alpha value is -2.86. The maximum absolute atomic E-state index is 12.9. The third kappa shape index (κ3) is 4.74. The molecule has 0 bridgehead atoms. The number of anilines is 2. The molecule has 2 N–H and O–H groups in total. The molecule has 0 atom stereocenters. The van der Waals surface area contributed by atoms with E-state index in [1.165, 1.54) is 6.07 Å². The average Bonchev–Trinajstić information content (AvgIpc) is 2.74. The van der Waals surface area contributed by atoms with E-state index in [2.05, 4.69) is 26.6 Å². The van der Waals surface area contributed by atoms with Gasteiger partial charge < -0.3 is 10.6 Å². The number of carbonyl (C=O) groups is 2. The summed E-state index contributed by atoms with van der Waals surface area (Å²) in [6.07, 6.45) is 0. The normalized spacial score (nSPS) is 10.7. The van der Waals surface area contributed by atoms with Gasteiger partial charge in [0.25, 0.3) is 11.8 Å². The molecule has 0 unspecified atom stereocenters. The molecule has 4 aromatic carbocycles. The minimum Gasteiger partial charge on any atom is -0.322 e. The monoisotopic (exact) mass is 512 g/mol. The van der Waals surface area contributed by atoms with Gasteiger partial charge in [-0.05, 0) is 59.3 Å². The second kappa shape index (κ2) is 9.10. The molecular weight excluding hydrogens is 499 g/mol. The summed E-state index contributed by atoms with van der Waals surface area (Å²) in [4.78, 5) is 25.5. The molecule has 0 aromatic heterocycles. The number of fused-ring (bicyclic) bond motifs is 1. The fourth-order valence-electron chi connectivity index (χ4n) is 3.21. The molecule has 0 fully saturated rings. The van der Waals surface area contributed by atoms with Crippen LogP contribution in [0.15, 0.2) is 83.3 Å². The molecule has 4 aromatic rings. The first-order valence-corrected chi connectivity index (χ1v) is 10.8. The molecule has 0 heterocycles. The lowest BCUT2D eigenvalue weighted by Gasteiger charge is -2.11. The number of halogens is 3. The number of benzene rings is 4. The summed E-state index contributed by atoms with van der Waals surface area (Å²) in [5, 5.41) is 8.19. The zero-order valence-electron chi connectivity index (χ0n) is 16.0. The van der Waals surface area contributed by atoms with Crippen LogP contribution < -0.4 is 10.6 Å². The van der Waals surface area contributed by atoms with E-state index < -0.39 is 0 Å². The SMILES string of the molecule is O=C(Nc1cccc(NC(=O)c2cccc3c(Br)cccc23)c1)c1ccc(Cl)cc1Cl. The van der Waals surface area contributed by atoms with Crippen molar-refractivity contribution in [1.82, 2.24) is 0 Å². The lowest BCUT2D eigenvalue weighted by molar-refractivity contribution is 0.102. The minimum absolute atomic E-state index is 0.243. The highest BCUT2D eigenvalue weighted by atomic mass is 79.9. The average molecular weight is 514 g/mol. The third-order valence-electron chi connectivity index (χ3n) is 4.67. The van der Waals surface area contributed by atoms with Gasteiger partial charge in [0.15, 0.2) is 0 Å².